The van der Waals surface area contributed by atoms with Crippen molar-refractivity contribution in [2.45, 2.75) is 33.6 Å². The van der Waals surface area contributed by atoms with E-state index in [-0.39, 0.29) is 11.7 Å². The molecule has 1 rings (SSSR count). The summed E-state index contributed by atoms with van der Waals surface area (Å²) in [5.41, 5.74) is 0.744. The Hall–Kier alpha value is -1.05. The predicted octanol–water partition coefficient (Wildman–Crippen LogP) is 3.21. The molecule has 0 saturated carbocycles. The maximum Gasteiger partial charge on any atom is 0.169 e. The highest BCUT2D eigenvalue weighted by Gasteiger charge is 2.19. The molecule has 1 aromatic rings. The van der Waals surface area contributed by atoms with Gasteiger partial charge < -0.3 is 4.42 Å². The highest BCUT2D eigenvalue weighted by atomic mass is 16.3. The second-order valence-electron chi connectivity index (χ2n) is 3.27. The first kappa shape index (κ1) is 10.0. The quantitative estimate of drug-likeness (QED) is 0.666. The summed E-state index contributed by atoms with van der Waals surface area (Å²) in [6.45, 7) is 5.92. The minimum atomic E-state index is 0.149. The smallest absolute Gasteiger partial charge is 0.169 e. The first-order chi connectivity index (χ1) is 6.20. The molecule has 0 saturated heterocycles. The maximum absolute atomic E-state index is 11.8. The van der Waals surface area contributed by atoms with E-state index in [0.29, 0.717) is 0 Å². The Kier molecular flexibility index (Phi) is 3.29. The molecule has 1 heterocycles. The van der Waals surface area contributed by atoms with Crippen LogP contribution in [0.4, 0.5) is 0 Å². The molecule has 0 radical (unpaired) electrons. The van der Waals surface area contributed by atoms with E-state index in [1.165, 1.54) is 0 Å². The molecular formula is C11H16O2. The summed E-state index contributed by atoms with van der Waals surface area (Å²) in [4.78, 5) is 11.8. The van der Waals surface area contributed by atoms with Gasteiger partial charge in [0.05, 0.1) is 11.8 Å². The van der Waals surface area contributed by atoms with Gasteiger partial charge in [-0.15, -0.1) is 0 Å². The fourth-order valence-corrected chi connectivity index (χ4v) is 1.52. The van der Waals surface area contributed by atoms with E-state index in [9.17, 15) is 4.79 Å². The van der Waals surface area contributed by atoms with Gasteiger partial charge >= 0.3 is 0 Å². The molecule has 0 N–H and O–H groups in total. The van der Waals surface area contributed by atoms with Crippen molar-refractivity contribution in [1.29, 1.82) is 0 Å². The van der Waals surface area contributed by atoms with Crippen molar-refractivity contribution in [2.75, 3.05) is 0 Å². The number of rotatable bonds is 4. The van der Waals surface area contributed by atoms with E-state index in [2.05, 4.69) is 0 Å². The zero-order valence-electron chi connectivity index (χ0n) is 8.46. The summed E-state index contributed by atoms with van der Waals surface area (Å²) < 4.78 is 5.10. The molecule has 0 bridgehead atoms. The van der Waals surface area contributed by atoms with E-state index in [4.69, 9.17) is 4.42 Å². The van der Waals surface area contributed by atoms with Crippen LogP contribution in [0.1, 0.15) is 42.8 Å². The summed E-state index contributed by atoms with van der Waals surface area (Å²) in [5.74, 6) is 1.10. The summed E-state index contributed by atoms with van der Waals surface area (Å²) >= 11 is 0. The number of furan rings is 1. The Balaban J connectivity index is 2.84. The van der Waals surface area contributed by atoms with E-state index in [1.807, 2.05) is 20.8 Å². The van der Waals surface area contributed by atoms with Crippen LogP contribution in [0.5, 0.6) is 0 Å². The van der Waals surface area contributed by atoms with Gasteiger partial charge in [0, 0.05) is 5.92 Å². The van der Waals surface area contributed by atoms with E-state index < -0.39 is 0 Å². The number of carbonyl (C=O) groups excluding carboxylic acids is 1. The lowest BCUT2D eigenvalue weighted by Gasteiger charge is -2.09. The molecule has 0 aliphatic heterocycles. The minimum Gasteiger partial charge on any atom is -0.469 e. The molecular weight excluding hydrogens is 164 g/mol. The summed E-state index contributed by atoms with van der Waals surface area (Å²) in [6, 6.07) is 1.76. The van der Waals surface area contributed by atoms with Crippen LogP contribution in [0.15, 0.2) is 16.7 Å². The highest BCUT2D eigenvalue weighted by molar-refractivity contribution is 5.98. The van der Waals surface area contributed by atoms with Crippen LogP contribution in [0.25, 0.3) is 0 Å². The number of hydrogen-bond donors (Lipinski definition) is 0. The number of Topliss-reactive ketones (excluding diaryl/α,β-unsaturated/α-hetero) is 1. The first-order valence-corrected chi connectivity index (χ1v) is 4.79. The van der Waals surface area contributed by atoms with E-state index in [0.717, 1.165) is 24.2 Å². The molecule has 72 valence electrons. The van der Waals surface area contributed by atoms with Gasteiger partial charge in [-0.1, -0.05) is 13.8 Å². The van der Waals surface area contributed by atoms with Gasteiger partial charge in [0.2, 0.25) is 0 Å². The monoisotopic (exact) mass is 180 g/mol. The molecule has 0 aliphatic rings. The van der Waals surface area contributed by atoms with Crippen LogP contribution in [0.2, 0.25) is 0 Å². The minimum absolute atomic E-state index is 0.149. The molecule has 13 heavy (non-hydrogen) atoms. The van der Waals surface area contributed by atoms with Gasteiger partial charge in [0.15, 0.2) is 5.78 Å². The second-order valence-corrected chi connectivity index (χ2v) is 3.27. The zero-order chi connectivity index (χ0) is 9.84. The average Bonchev–Trinajstić information content (AvgIpc) is 2.53. The normalized spacial score (nSPS) is 10.8. The SMILES string of the molecule is CCC(CC)C(=O)c1ccoc1C. The van der Waals surface area contributed by atoms with Crippen molar-refractivity contribution in [2.24, 2.45) is 5.92 Å². The number of ketones is 1. The van der Waals surface area contributed by atoms with E-state index in [1.54, 1.807) is 12.3 Å². The molecule has 1 aromatic heterocycles. The van der Waals surface area contributed by atoms with Crippen molar-refractivity contribution >= 4 is 5.78 Å². The third kappa shape index (κ3) is 2.00. The van der Waals surface area contributed by atoms with E-state index >= 15 is 0 Å². The Bertz CT molecular complexity index is 282. The van der Waals surface area contributed by atoms with Gasteiger partial charge in [-0.05, 0) is 25.8 Å². The van der Waals surface area contributed by atoms with Crippen LogP contribution >= 0.6 is 0 Å². The van der Waals surface area contributed by atoms with Gasteiger partial charge in [-0.2, -0.15) is 0 Å². The molecule has 0 aliphatic carbocycles. The highest BCUT2D eigenvalue weighted by Crippen LogP contribution is 2.18. The lowest BCUT2D eigenvalue weighted by atomic mass is 9.93. The Morgan fingerprint density at radius 1 is 1.46 bits per heavy atom. The van der Waals surface area contributed by atoms with Crippen LogP contribution in [0.3, 0.4) is 0 Å². The molecule has 0 fully saturated rings. The summed E-state index contributed by atoms with van der Waals surface area (Å²) in [6.07, 6.45) is 3.38. The third-order valence-electron chi connectivity index (χ3n) is 2.48. The standard InChI is InChI=1S/C11H16O2/c1-4-9(5-2)11(12)10-6-7-13-8(10)3/h6-7,9H,4-5H2,1-3H3. The predicted molar refractivity (Wildman–Crippen MR) is 51.8 cm³/mol. The third-order valence-corrected chi connectivity index (χ3v) is 2.48. The topological polar surface area (TPSA) is 30.2 Å². The molecule has 2 heteroatoms. The molecule has 0 spiro atoms. The van der Waals surface area contributed by atoms with Crippen LogP contribution in [-0.4, -0.2) is 5.78 Å². The molecule has 0 aromatic carbocycles. The molecule has 2 nitrogen and oxygen atoms in total. The Morgan fingerprint density at radius 3 is 2.46 bits per heavy atom. The lowest BCUT2D eigenvalue weighted by molar-refractivity contribution is 0.0912. The van der Waals surface area contributed by atoms with Gasteiger partial charge in [0.25, 0.3) is 0 Å². The van der Waals surface area contributed by atoms with Gasteiger partial charge in [-0.3, -0.25) is 4.79 Å². The van der Waals surface area contributed by atoms with Crippen molar-refractivity contribution < 1.29 is 9.21 Å². The fourth-order valence-electron chi connectivity index (χ4n) is 1.52. The summed E-state index contributed by atoms with van der Waals surface area (Å²) in [5, 5.41) is 0. The number of hydrogen-bond acceptors (Lipinski definition) is 2. The van der Waals surface area contributed by atoms with Crippen molar-refractivity contribution in [3.8, 4) is 0 Å². The Morgan fingerprint density at radius 2 is 2.08 bits per heavy atom. The van der Waals surface area contributed by atoms with Gasteiger partial charge in [0.1, 0.15) is 5.76 Å². The largest absolute Gasteiger partial charge is 0.469 e. The van der Waals surface area contributed by atoms with Crippen LogP contribution in [-0.2, 0) is 0 Å². The van der Waals surface area contributed by atoms with Crippen molar-refractivity contribution in [1.82, 2.24) is 0 Å². The van der Waals surface area contributed by atoms with Crippen LogP contribution < -0.4 is 0 Å². The first-order valence-electron chi connectivity index (χ1n) is 4.79. The Labute approximate surface area is 78.9 Å². The fraction of sp³-hybridized carbons (Fsp3) is 0.545. The molecule has 0 amide bonds. The zero-order valence-corrected chi connectivity index (χ0v) is 8.46. The molecule has 0 unspecified atom stereocenters. The second kappa shape index (κ2) is 4.26. The van der Waals surface area contributed by atoms with Crippen molar-refractivity contribution in [3.05, 3.63) is 23.7 Å². The molecule has 0 atom stereocenters. The summed E-state index contributed by atoms with van der Waals surface area (Å²) in [7, 11) is 0. The maximum atomic E-state index is 11.8. The van der Waals surface area contributed by atoms with Gasteiger partial charge in [-0.25, -0.2) is 0 Å². The average molecular weight is 180 g/mol. The lowest BCUT2D eigenvalue weighted by Crippen LogP contribution is -2.13. The van der Waals surface area contributed by atoms with Crippen LogP contribution in [0, 0.1) is 12.8 Å². The van der Waals surface area contributed by atoms with Crippen molar-refractivity contribution in [3.63, 3.8) is 0 Å². The number of aryl methyl sites for hydroxylation is 1. The number of carbonyl (C=O) groups is 1.